The minimum Gasteiger partial charge on any atom is -0.481 e. The topological polar surface area (TPSA) is 138 Å². The number of fused-ring (bicyclic) bond motifs is 7. The van der Waals surface area contributed by atoms with Gasteiger partial charge in [-0.05, 0) is 84.9 Å². The van der Waals surface area contributed by atoms with E-state index in [1.165, 1.54) is 0 Å². The number of carboxylic acids is 1. The van der Waals surface area contributed by atoms with Gasteiger partial charge in [-0.2, -0.15) is 0 Å². The van der Waals surface area contributed by atoms with Crippen LogP contribution in [0.1, 0.15) is 86.0 Å². The van der Waals surface area contributed by atoms with Crippen molar-refractivity contribution in [2.24, 2.45) is 50.2 Å². The molecule has 0 amide bonds. The zero-order valence-electron chi connectivity index (χ0n) is 23.2. The summed E-state index contributed by atoms with van der Waals surface area (Å²) in [7, 11) is 0. The van der Waals surface area contributed by atoms with Crippen molar-refractivity contribution in [3.8, 4) is 0 Å². The minimum atomic E-state index is -1.18. The quantitative estimate of drug-likeness (QED) is 0.314. The van der Waals surface area contributed by atoms with Gasteiger partial charge in [0.1, 0.15) is 0 Å². The molecule has 3 unspecified atom stereocenters. The van der Waals surface area contributed by atoms with Crippen molar-refractivity contribution in [1.82, 2.24) is 0 Å². The van der Waals surface area contributed by atoms with Crippen LogP contribution in [0.15, 0.2) is 11.6 Å². The van der Waals surface area contributed by atoms with Gasteiger partial charge in [-0.1, -0.05) is 46.3 Å². The van der Waals surface area contributed by atoms with E-state index >= 15 is 0 Å². The highest BCUT2D eigenvalue weighted by Gasteiger charge is 2.72. The molecule has 0 aliphatic heterocycles. The van der Waals surface area contributed by atoms with Crippen molar-refractivity contribution in [3.05, 3.63) is 11.6 Å². The lowest BCUT2D eigenvalue weighted by molar-refractivity contribution is -0.258. The first kappa shape index (κ1) is 27.6. The fourth-order valence-corrected chi connectivity index (χ4v) is 10.8. The van der Waals surface area contributed by atoms with Crippen LogP contribution in [-0.2, 0) is 4.79 Å². The Kier molecular flexibility index (Phi) is 6.16. The van der Waals surface area contributed by atoms with Crippen molar-refractivity contribution in [2.45, 2.75) is 104 Å². The molecule has 0 spiro atoms. The van der Waals surface area contributed by atoms with Crippen molar-refractivity contribution >= 4 is 5.97 Å². The number of carbonyl (C=O) groups is 1. The fraction of sp³-hybridized carbons (Fsp3) is 0.900. The molecule has 0 aromatic carbocycles. The molecule has 5 aliphatic carbocycles. The Bertz CT molecular complexity index is 986. The Hall–Kier alpha value is -0.990. The molecule has 210 valence electrons. The van der Waals surface area contributed by atoms with Crippen molar-refractivity contribution in [1.29, 1.82) is 0 Å². The number of hydrogen-bond donors (Lipinski definition) is 6. The van der Waals surface area contributed by atoms with Crippen LogP contribution in [-0.4, -0.2) is 68.1 Å². The standard InChI is InChI=1S/C30H48O7/c1-25(2)10-12-29(24(36)37)13-11-27(4)17(21(29)23(25)35)6-7-19-26(3)14-18(33)22(34)30(15-31,16-32)20(26)8-9-28(19,27)5/h6,18-23,31-35H,7-16H2,1-5H3,(H,36,37)/t18-,19?,20?,21?,22+,23+,26-,27-,28-,29+/m1/s1. The summed E-state index contributed by atoms with van der Waals surface area (Å²) < 4.78 is 0. The van der Waals surface area contributed by atoms with Crippen molar-refractivity contribution < 1.29 is 35.4 Å². The summed E-state index contributed by atoms with van der Waals surface area (Å²) >= 11 is 0. The van der Waals surface area contributed by atoms with Crippen LogP contribution >= 0.6 is 0 Å². The van der Waals surface area contributed by atoms with Crippen LogP contribution in [0, 0.1) is 50.2 Å². The van der Waals surface area contributed by atoms with Gasteiger partial charge >= 0.3 is 5.97 Å². The van der Waals surface area contributed by atoms with Crippen LogP contribution in [0.4, 0.5) is 0 Å². The Morgan fingerprint density at radius 3 is 2.11 bits per heavy atom. The Balaban J connectivity index is 1.64. The van der Waals surface area contributed by atoms with Crippen LogP contribution in [0.2, 0.25) is 0 Å². The van der Waals surface area contributed by atoms with Gasteiger partial charge < -0.3 is 30.6 Å². The summed E-state index contributed by atoms with van der Waals surface area (Å²) in [5.41, 5.74) is -2.32. The zero-order chi connectivity index (χ0) is 27.4. The first-order valence-corrected chi connectivity index (χ1v) is 14.3. The van der Waals surface area contributed by atoms with Crippen molar-refractivity contribution in [2.75, 3.05) is 13.2 Å². The maximum absolute atomic E-state index is 12.8. The second-order valence-corrected chi connectivity index (χ2v) is 14.9. The summed E-state index contributed by atoms with van der Waals surface area (Å²) in [5, 5.41) is 65.1. The lowest BCUT2D eigenvalue weighted by Crippen LogP contribution is -2.70. The number of allylic oxidation sites excluding steroid dienone is 1. The molecule has 0 aromatic heterocycles. The van der Waals surface area contributed by atoms with Crippen LogP contribution in [0.5, 0.6) is 0 Å². The summed E-state index contributed by atoms with van der Waals surface area (Å²) in [4.78, 5) is 12.8. The normalized spacial score (nSPS) is 52.1. The molecule has 0 bridgehead atoms. The summed E-state index contributed by atoms with van der Waals surface area (Å²) in [6.45, 7) is 10.1. The third kappa shape index (κ3) is 3.15. The maximum Gasteiger partial charge on any atom is 0.310 e. The van der Waals surface area contributed by atoms with E-state index in [1.807, 2.05) is 13.8 Å². The Morgan fingerprint density at radius 2 is 1.51 bits per heavy atom. The average molecular weight is 521 g/mol. The van der Waals surface area contributed by atoms with Crippen molar-refractivity contribution in [3.63, 3.8) is 0 Å². The van der Waals surface area contributed by atoms with Crippen LogP contribution < -0.4 is 0 Å². The third-order valence-corrected chi connectivity index (χ3v) is 13.4. The van der Waals surface area contributed by atoms with E-state index in [4.69, 9.17) is 0 Å². The van der Waals surface area contributed by atoms with E-state index < -0.39 is 46.4 Å². The molecule has 4 fully saturated rings. The predicted molar refractivity (Wildman–Crippen MR) is 138 cm³/mol. The van der Waals surface area contributed by atoms with Gasteiger partial charge in [0.05, 0.1) is 36.9 Å². The Morgan fingerprint density at radius 1 is 0.892 bits per heavy atom. The van der Waals surface area contributed by atoms with E-state index in [-0.39, 0.29) is 41.3 Å². The number of rotatable bonds is 3. The SMILES string of the molecule is CC1(C)CC[C@]2(C(=O)O)CC[C@]3(C)C(=CCC4[C@@]5(C)C[C@@H](O)[C@H](O)C(CO)(CO)C5CC[C@]43C)C2[C@@H]1O. The molecule has 7 nitrogen and oxygen atoms in total. The van der Waals surface area contributed by atoms with Gasteiger partial charge in [0, 0.05) is 11.3 Å². The highest BCUT2D eigenvalue weighted by molar-refractivity contribution is 5.77. The van der Waals surface area contributed by atoms with E-state index in [1.54, 1.807) is 0 Å². The molecule has 5 rings (SSSR count). The van der Waals surface area contributed by atoms with Crippen LogP contribution in [0.3, 0.4) is 0 Å². The van der Waals surface area contributed by atoms with Crippen LogP contribution in [0.25, 0.3) is 0 Å². The maximum atomic E-state index is 12.8. The number of hydrogen-bond acceptors (Lipinski definition) is 6. The molecule has 0 radical (unpaired) electrons. The second kappa shape index (κ2) is 8.26. The number of aliphatic carboxylic acids is 1. The molecular weight excluding hydrogens is 472 g/mol. The number of carboxylic acid groups (broad SMARTS) is 1. The first-order valence-electron chi connectivity index (χ1n) is 14.3. The summed E-state index contributed by atoms with van der Waals surface area (Å²) in [5.74, 6) is -1.24. The number of aliphatic hydroxyl groups is 5. The van der Waals surface area contributed by atoms with E-state index in [0.717, 1.165) is 18.4 Å². The lowest BCUT2D eigenvalue weighted by atomic mass is 9.33. The van der Waals surface area contributed by atoms with Gasteiger partial charge in [0.15, 0.2) is 0 Å². The monoisotopic (exact) mass is 520 g/mol. The minimum absolute atomic E-state index is 0.123. The van der Waals surface area contributed by atoms with Gasteiger partial charge in [-0.25, -0.2) is 0 Å². The molecule has 0 aromatic rings. The summed E-state index contributed by atoms with van der Waals surface area (Å²) in [6, 6.07) is 0. The molecular formula is C30H48O7. The highest BCUT2D eigenvalue weighted by atomic mass is 16.4. The van der Waals surface area contributed by atoms with Gasteiger partial charge in [0.25, 0.3) is 0 Å². The molecule has 6 N–H and O–H groups in total. The molecule has 0 heterocycles. The van der Waals surface area contributed by atoms with E-state index in [2.05, 4.69) is 26.8 Å². The molecule has 37 heavy (non-hydrogen) atoms. The van der Waals surface area contributed by atoms with Gasteiger partial charge in [0.2, 0.25) is 0 Å². The second-order valence-electron chi connectivity index (χ2n) is 14.9. The zero-order valence-corrected chi connectivity index (χ0v) is 23.2. The average Bonchev–Trinajstić information content (AvgIpc) is 2.83. The predicted octanol–water partition coefficient (Wildman–Crippen LogP) is 3.12. The van der Waals surface area contributed by atoms with Gasteiger partial charge in [-0.3, -0.25) is 4.79 Å². The largest absolute Gasteiger partial charge is 0.481 e. The first-order chi connectivity index (χ1) is 17.1. The molecule has 5 aliphatic rings. The highest BCUT2D eigenvalue weighted by Crippen LogP contribution is 2.75. The smallest absolute Gasteiger partial charge is 0.310 e. The molecule has 0 saturated heterocycles. The molecule has 10 atom stereocenters. The molecule has 4 saturated carbocycles. The lowest BCUT2D eigenvalue weighted by Gasteiger charge is -2.72. The van der Waals surface area contributed by atoms with E-state index in [0.29, 0.717) is 38.5 Å². The summed E-state index contributed by atoms with van der Waals surface area (Å²) in [6.07, 6.45) is 4.43. The fourth-order valence-electron chi connectivity index (χ4n) is 10.8. The molecule has 7 heteroatoms. The Labute approximate surface area is 221 Å². The van der Waals surface area contributed by atoms with E-state index in [9.17, 15) is 35.4 Å². The third-order valence-electron chi connectivity index (χ3n) is 13.4. The van der Waals surface area contributed by atoms with Gasteiger partial charge in [-0.15, -0.1) is 0 Å². The number of aliphatic hydroxyl groups excluding tert-OH is 5.